The van der Waals surface area contributed by atoms with Gasteiger partial charge in [-0.25, -0.2) is 4.79 Å². The highest BCUT2D eigenvalue weighted by atomic mass is 32.1. The van der Waals surface area contributed by atoms with Crippen molar-refractivity contribution in [1.29, 1.82) is 0 Å². The van der Waals surface area contributed by atoms with Crippen LogP contribution in [0.25, 0.3) is 5.69 Å². The van der Waals surface area contributed by atoms with Crippen LogP contribution in [0.3, 0.4) is 0 Å². The number of esters is 1. The topological polar surface area (TPSA) is 62.6 Å². The van der Waals surface area contributed by atoms with Crippen LogP contribution in [0.4, 0.5) is 11.4 Å². The van der Waals surface area contributed by atoms with Crippen LogP contribution in [0, 0.1) is 13.8 Å². The molecule has 8 heteroatoms. The third-order valence-electron chi connectivity index (χ3n) is 7.08. The molecule has 0 unspecified atom stereocenters. The fraction of sp³-hybridized carbons (Fsp3) is 0.233. The second-order valence-corrected chi connectivity index (χ2v) is 9.96. The van der Waals surface area contributed by atoms with E-state index in [9.17, 15) is 4.79 Å². The smallest absolute Gasteiger partial charge is 0.339 e. The number of pyridine rings is 1. The monoisotopic (exact) mass is 525 g/mol. The minimum Gasteiger partial charge on any atom is -0.465 e. The zero-order valence-electron chi connectivity index (χ0n) is 22.2. The lowest BCUT2D eigenvalue weighted by molar-refractivity contribution is 0.0600. The van der Waals surface area contributed by atoms with Gasteiger partial charge in [0.1, 0.15) is 0 Å². The van der Waals surface area contributed by atoms with Crippen LogP contribution in [-0.2, 0) is 4.74 Å². The Morgan fingerprint density at radius 3 is 2.39 bits per heavy atom. The number of hydrogen-bond acceptors (Lipinski definition) is 5. The Morgan fingerprint density at radius 1 is 1.03 bits per heavy atom. The number of rotatable bonds is 6. The van der Waals surface area contributed by atoms with Gasteiger partial charge in [0.15, 0.2) is 5.11 Å². The van der Waals surface area contributed by atoms with Gasteiger partial charge >= 0.3 is 5.97 Å². The second kappa shape index (κ2) is 10.3. The molecule has 2 atom stereocenters. The van der Waals surface area contributed by atoms with Gasteiger partial charge in [-0.15, -0.1) is 0 Å². The molecule has 38 heavy (non-hydrogen) atoms. The molecule has 1 aliphatic rings. The zero-order chi connectivity index (χ0) is 27.0. The lowest BCUT2D eigenvalue weighted by atomic mass is 9.96. The van der Waals surface area contributed by atoms with E-state index >= 15 is 0 Å². The summed E-state index contributed by atoms with van der Waals surface area (Å²) in [6.07, 6.45) is 1.81. The number of hydrogen-bond donors (Lipinski definition) is 1. The average molecular weight is 526 g/mol. The summed E-state index contributed by atoms with van der Waals surface area (Å²) in [6, 6.07) is 23.7. The summed E-state index contributed by atoms with van der Waals surface area (Å²) in [6.45, 7) is 4.14. The SMILES string of the molecule is COC(=O)c1ccccc1-n1c(C)cc([C@H]2[C@H](c3ccccn3)NC(=S)N2c2ccc(N(C)C)cc2)c1C. The molecule has 2 aromatic carbocycles. The molecule has 2 aromatic heterocycles. The highest BCUT2D eigenvalue weighted by Gasteiger charge is 2.42. The molecule has 1 saturated heterocycles. The summed E-state index contributed by atoms with van der Waals surface area (Å²) in [5, 5.41) is 4.18. The lowest BCUT2D eigenvalue weighted by Gasteiger charge is -2.28. The van der Waals surface area contributed by atoms with Gasteiger partial charge in [0.05, 0.1) is 36.1 Å². The molecule has 194 valence electrons. The number of carbonyl (C=O) groups excluding carboxylic acids is 1. The summed E-state index contributed by atoms with van der Waals surface area (Å²) in [5.74, 6) is -0.368. The number of carbonyl (C=O) groups is 1. The van der Waals surface area contributed by atoms with Gasteiger partial charge in [-0.1, -0.05) is 18.2 Å². The van der Waals surface area contributed by atoms with E-state index < -0.39 is 0 Å². The zero-order valence-corrected chi connectivity index (χ0v) is 23.0. The van der Waals surface area contributed by atoms with Crippen molar-refractivity contribution in [2.24, 2.45) is 0 Å². The van der Waals surface area contributed by atoms with E-state index in [-0.39, 0.29) is 18.1 Å². The van der Waals surface area contributed by atoms with Crippen LogP contribution < -0.4 is 15.1 Å². The molecule has 7 nitrogen and oxygen atoms in total. The molecule has 1 fully saturated rings. The van der Waals surface area contributed by atoms with Crippen LogP contribution >= 0.6 is 12.2 Å². The van der Waals surface area contributed by atoms with Crippen molar-refractivity contribution in [3.05, 3.63) is 107 Å². The van der Waals surface area contributed by atoms with Gasteiger partial charge in [-0.3, -0.25) is 4.98 Å². The Hall–Kier alpha value is -4.17. The van der Waals surface area contributed by atoms with Gasteiger partial charge in [-0.2, -0.15) is 0 Å². The third kappa shape index (κ3) is 4.41. The minimum atomic E-state index is -0.368. The molecule has 0 spiro atoms. The summed E-state index contributed by atoms with van der Waals surface area (Å²) in [5.41, 5.74) is 7.44. The van der Waals surface area contributed by atoms with Crippen LogP contribution in [0.5, 0.6) is 0 Å². The molecular formula is C30H31N5O2S. The third-order valence-corrected chi connectivity index (χ3v) is 7.40. The number of aryl methyl sites for hydroxylation is 1. The van der Waals surface area contributed by atoms with Crippen LogP contribution in [-0.4, -0.2) is 41.8 Å². The first kappa shape index (κ1) is 25.5. The number of ether oxygens (including phenoxy) is 1. The summed E-state index contributed by atoms with van der Waals surface area (Å²) in [4.78, 5) is 21.5. The number of para-hydroxylation sites is 1. The standard InChI is InChI=1S/C30H31N5O2S/c1-19-18-24(20(2)34(19)26-12-7-6-10-23(26)29(36)37-5)28-27(25-11-8-9-17-31-25)32-30(38)35(28)22-15-13-21(14-16-22)33(3)4/h6-18,27-28H,1-5H3,(H,32,38)/t27-,28-/m0/s1. The fourth-order valence-electron chi connectivity index (χ4n) is 5.27. The van der Waals surface area contributed by atoms with E-state index in [1.54, 1.807) is 6.07 Å². The number of nitrogens with zero attached hydrogens (tertiary/aromatic N) is 4. The highest BCUT2D eigenvalue weighted by molar-refractivity contribution is 7.80. The van der Waals surface area contributed by atoms with Crippen LogP contribution in [0.15, 0.2) is 79.0 Å². The Kier molecular flexibility index (Phi) is 6.91. The summed E-state index contributed by atoms with van der Waals surface area (Å²) >= 11 is 5.92. The number of anilines is 2. The number of methoxy groups -OCH3 is 1. The fourth-order valence-corrected chi connectivity index (χ4v) is 5.62. The lowest BCUT2D eigenvalue weighted by Crippen LogP contribution is -2.29. The maximum atomic E-state index is 12.6. The Balaban J connectivity index is 1.68. The molecule has 0 amide bonds. The van der Waals surface area contributed by atoms with Gasteiger partial charge in [0, 0.05) is 43.1 Å². The van der Waals surface area contributed by atoms with E-state index in [0.717, 1.165) is 39.7 Å². The van der Waals surface area contributed by atoms with Gasteiger partial charge in [0.2, 0.25) is 0 Å². The summed E-state index contributed by atoms with van der Waals surface area (Å²) in [7, 11) is 5.46. The van der Waals surface area contributed by atoms with Crippen molar-refractivity contribution in [3.63, 3.8) is 0 Å². The van der Waals surface area contributed by atoms with E-state index in [1.807, 2.05) is 56.7 Å². The first-order chi connectivity index (χ1) is 18.3. The molecule has 0 radical (unpaired) electrons. The van der Waals surface area contributed by atoms with E-state index in [4.69, 9.17) is 17.0 Å². The first-order valence-corrected chi connectivity index (χ1v) is 12.9. The maximum absolute atomic E-state index is 12.6. The van der Waals surface area contributed by atoms with Crippen molar-refractivity contribution in [3.8, 4) is 5.69 Å². The largest absolute Gasteiger partial charge is 0.465 e. The summed E-state index contributed by atoms with van der Waals surface area (Å²) < 4.78 is 7.19. The Morgan fingerprint density at radius 2 is 1.74 bits per heavy atom. The van der Waals surface area contributed by atoms with Crippen molar-refractivity contribution >= 4 is 34.7 Å². The van der Waals surface area contributed by atoms with Gasteiger partial charge < -0.3 is 24.4 Å². The molecule has 0 saturated carbocycles. The molecule has 1 aliphatic heterocycles. The van der Waals surface area contributed by atoms with E-state index in [1.165, 1.54) is 7.11 Å². The Labute approximate surface area is 228 Å². The molecule has 4 aromatic rings. The molecule has 3 heterocycles. The van der Waals surface area contributed by atoms with Gasteiger partial charge in [0.25, 0.3) is 0 Å². The number of benzene rings is 2. The van der Waals surface area contributed by atoms with Crippen molar-refractivity contribution in [1.82, 2.24) is 14.9 Å². The molecule has 0 aliphatic carbocycles. The predicted octanol–water partition coefficient (Wildman–Crippen LogP) is 5.52. The quantitative estimate of drug-likeness (QED) is 0.263. The van der Waals surface area contributed by atoms with E-state index in [2.05, 4.69) is 68.8 Å². The highest BCUT2D eigenvalue weighted by Crippen LogP contribution is 2.44. The molecule has 0 bridgehead atoms. The first-order valence-electron chi connectivity index (χ1n) is 12.5. The average Bonchev–Trinajstić information content (AvgIpc) is 3.43. The van der Waals surface area contributed by atoms with Crippen molar-refractivity contribution in [2.45, 2.75) is 25.9 Å². The minimum absolute atomic E-state index is 0.159. The molecule has 1 N–H and O–H groups in total. The van der Waals surface area contributed by atoms with Crippen LogP contribution in [0.2, 0.25) is 0 Å². The molecular weight excluding hydrogens is 494 g/mol. The van der Waals surface area contributed by atoms with Crippen LogP contribution in [0.1, 0.15) is 45.1 Å². The molecule has 5 rings (SSSR count). The Bertz CT molecular complexity index is 1480. The number of thiocarbonyl (C=S) groups is 1. The number of aromatic nitrogens is 2. The second-order valence-electron chi connectivity index (χ2n) is 9.58. The van der Waals surface area contributed by atoms with Gasteiger partial charge in [-0.05, 0) is 86.2 Å². The predicted molar refractivity (Wildman–Crippen MR) is 155 cm³/mol. The number of nitrogens with one attached hydrogen (secondary N) is 1. The van der Waals surface area contributed by atoms with E-state index in [0.29, 0.717) is 10.7 Å². The normalized spacial score (nSPS) is 16.9. The van der Waals surface area contributed by atoms with Crippen molar-refractivity contribution < 1.29 is 9.53 Å². The van der Waals surface area contributed by atoms with Crippen molar-refractivity contribution in [2.75, 3.05) is 31.0 Å². The maximum Gasteiger partial charge on any atom is 0.339 e.